The molecule has 194 valence electrons. The van der Waals surface area contributed by atoms with Gasteiger partial charge in [0.25, 0.3) is 11.8 Å². The summed E-state index contributed by atoms with van der Waals surface area (Å²) in [4.78, 5) is 32.3. The van der Waals surface area contributed by atoms with E-state index in [0.29, 0.717) is 31.5 Å². The number of carbonyl (C=O) groups is 2. The topological polar surface area (TPSA) is 55.9 Å². The number of alkyl halides is 3. The highest BCUT2D eigenvalue weighted by Gasteiger charge is 2.31. The summed E-state index contributed by atoms with van der Waals surface area (Å²) in [6.45, 7) is 3.30. The molecule has 36 heavy (non-hydrogen) atoms. The molecule has 6 nitrogen and oxygen atoms in total. The largest absolute Gasteiger partial charge is 0.416 e. The zero-order chi connectivity index (χ0) is 25.9. The summed E-state index contributed by atoms with van der Waals surface area (Å²) in [5.41, 5.74) is 1.02. The van der Waals surface area contributed by atoms with Gasteiger partial charge in [0.15, 0.2) is 0 Å². The van der Waals surface area contributed by atoms with Crippen LogP contribution >= 0.6 is 0 Å². The van der Waals surface area contributed by atoms with E-state index < -0.39 is 11.7 Å². The summed E-state index contributed by atoms with van der Waals surface area (Å²) in [5.74, 6) is -0.351. The van der Waals surface area contributed by atoms with Crippen molar-refractivity contribution in [2.45, 2.75) is 43.9 Å². The summed E-state index contributed by atoms with van der Waals surface area (Å²) in [5, 5.41) is 2.94. The monoisotopic (exact) mass is 502 g/mol. The molecule has 4 rings (SSSR count). The maximum Gasteiger partial charge on any atom is 0.416 e. The highest BCUT2D eigenvalue weighted by atomic mass is 19.4. The molecule has 0 spiro atoms. The summed E-state index contributed by atoms with van der Waals surface area (Å²) in [6.07, 6.45) is -1.14. The van der Waals surface area contributed by atoms with E-state index in [1.54, 1.807) is 0 Å². The number of halogens is 3. The molecule has 0 radical (unpaired) electrons. The summed E-state index contributed by atoms with van der Waals surface area (Å²) < 4.78 is 38.3. The zero-order valence-corrected chi connectivity index (χ0v) is 20.7. The first kappa shape index (κ1) is 26.0. The Hall–Kier alpha value is -3.07. The lowest BCUT2D eigenvalue weighted by Gasteiger charge is -2.37. The van der Waals surface area contributed by atoms with Crippen LogP contribution in [0.4, 0.5) is 18.9 Å². The molecule has 9 heteroatoms. The molecule has 2 aliphatic rings. The van der Waals surface area contributed by atoms with Gasteiger partial charge in [0, 0.05) is 43.5 Å². The van der Waals surface area contributed by atoms with Crippen molar-refractivity contribution in [3.63, 3.8) is 0 Å². The van der Waals surface area contributed by atoms with Gasteiger partial charge >= 0.3 is 6.18 Å². The Labute approximate surface area is 210 Å². The summed E-state index contributed by atoms with van der Waals surface area (Å²) in [7, 11) is 3.99. The zero-order valence-electron chi connectivity index (χ0n) is 20.7. The van der Waals surface area contributed by atoms with Crippen LogP contribution in [-0.2, 0) is 6.18 Å². The first-order valence-electron chi connectivity index (χ1n) is 12.4. The number of amides is 2. The average Bonchev–Trinajstić information content (AvgIpc) is 2.88. The number of benzene rings is 2. The van der Waals surface area contributed by atoms with Crippen LogP contribution in [0.25, 0.3) is 0 Å². The fourth-order valence-electron chi connectivity index (χ4n) is 5.01. The van der Waals surface area contributed by atoms with Gasteiger partial charge in [-0.05, 0) is 82.2 Å². The second-order valence-corrected chi connectivity index (χ2v) is 9.78. The molecular formula is C27H33F3N4O2. The van der Waals surface area contributed by atoms with E-state index in [2.05, 4.69) is 22.2 Å². The standard InChI is InChI=1S/C27H33F3N4O2/c1-32-15-13-22(14-16-32)33(2)26(36)23-5-3-4-6-24(23)34-17-11-21(12-18-34)31-25(35)19-7-9-20(10-8-19)27(28,29)30/h3-10,21-22H,11-18H2,1-2H3,(H,31,35). The molecule has 2 amide bonds. The number of likely N-dealkylation sites (tertiary alicyclic amines) is 1. The molecule has 0 bridgehead atoms. The Kier molecular flexibility index (Phi) is 7.88. The van der Waals surface area contributed by atoms with Crippen LogP contribution in [0, 0.1) is 0 Å². The molecule has 2 aliphatic heterocycles. The molecule has 2 aromatic carbocycles. The minimum absolute atomic E-state index is 0.0258. The van der Waals surface area contributed by atoms with Crippen LogP contribution < -0.4 is 10.2 Å². The van der Waals surface area contributed by atoms with Crippen LogP contribution in [0.5, 0.6) is 0 Å². The summed E-state index contributed by atoms with van der Waals surface area (Å²) >= 11 is 0. The third-order valence-corrected chi connectivity index (χ3v) is 7.34. The Morgan fingerprint density at radius 3 is 2.14 bits per heavy atom. The van der Waals surface area contributed by atoms with Crippen LogP contribution in [0.15, 0.2) is 48.5 Å². The minimum atomic E-state index is -4.43. The lowest BCUT2D eigenvalue weighted by Crippen LogP contribution is -2.46. The molecule has 2 fully saturated rings. The van der Waals surface area contributed by atoms with Gasteiger partial charge < -0.3 is 20.0 Å². The molecule has 0 saturated carbocycles. The van der Waals surface area contributed by atoms with Gasteiger partial charge in [-0.25, -0.2) is 0 Å². The maximum absolute atomic E-state index is 13.4. The lowest BCUT2D eigenvalue weighted by atomic mass is 10.0. The van der Waals surface area contributed by atoms with Crippen molar-refractivity contribution in [2.24, 2.45) is 0 Å². The van der Waals surface area contributed by atoms with E-state index in [9.17, 15) is 22.8 Å². The van der Waals surface area contributed by atoms with Gasteiger partial charge in [0.1, 0.15) is 0 Å². The van der Waals surface area contributed by atoms with E-state index in [4.69, 9.17) is 0 Å². The van der Waals surface area contributed by atoms with Crippen molar-refractivity contribution < 1.29 is 22.8 Å². The predicted molar refractivity (Wildman–Crippen MR) is 133 cm³/mol. The smallest absolute Gasteiger partial charge is 0.371 e. The number of carbonyl (C=O) groups excluding carboxylic acids is 2. The number of piperidine rings is 2. The molecule has 0 aromatic heterocycles. The predicted octanol–water partition coefficient (Wildman–Crippen LogP) is 4.27. The van der Waals surface area contributed by atoms with Crippen molar-refractivity contribution in [3.05, 3.63) is 65.2 Å². The van der Waals surface area contributed by atoms with E-state index in [1.807, 2.05) is 36.2 Å². The third kappa shape index (κ3) is 6.00. The van der Waals surface area contributed by atoms with Crippen LogP contribution in [0.3, 0.4) is 0 Å². The molecule has 0 atom stereocenters. The molecule has 2 saturated heterocycles. The van der Waals surface area contributed by atoms with E-state index in [-0.39, 0.29) is 29.5 Å². The fraction of sp³-hybridized carbons (Fsp3) is 0.481. The van der Waals surface area contributed by atoms with Gasteiger partial charge in [-0.15, -0.1) is 0 Å². The van der Waals surface area contributed by atoms with Crippen molar-refractivity contribution in [1.82, 2.24) is 15.1 Å². The van der Waals surface area contributed by atoms with Gasteiger partial charge in [-0.2, -0.15) is 13.2 Å². The minimum Gasteiger partial charge on any atom is -0.371 e. The number of nitrogens with zero attached hydrogens (tertiary/aromatic N) is 3. The van der Waals surface area contributed by atoms with E-state index >= 15 is 0 Å². The average molecular weight is 503 g/mol. The Balaban J connectivity index is 1.35. The van der Waals surface area contributed by atoms with Crippen LogP contribution in [0.2, 0.25) is 0 Å². The van der Waals surface area contributed by atoms with E-state index in [1.165, 1.54) is 12.1 Å². The number of anilines is 1. The van der Waals surface area contributed by atoms with Crippen LogP contribution in [0.1, 0.15) is 52.0 Å². The van der Waals surface area contributed by atoms with Crippen molar-refractivity contribution in [3.8, 4) is 0 Å². The van der Waals surface area contributed by atoms with Crippen molar-refractivity contribution in [2.75, 3.05) is 45.2 Å². The Bertz CT molecular complexity index is 1060. The normalized spacial score (nSPS) is 18.2. The number of hydrogen-bond acceptors (Lipinski definition) is 4. The van der Waals surface area contributed by atoms with Gasteiger partial charge in [-0.1, -0.05) is 12.1 Å². The second-order valence-electron chi connectivity index (χ2n) is 9.78. The Morgan fingerprint density at radius 1 is 0.917 bits per heavy atom. The number of hydrogen-bond donors (Lipinski definition) is 1. The number of nitrogens with one attached hydrogen (secondary N) is 1. The molecular weight excluding hydrogens is 469 g/mol. The molecule has 2 aromatic rings. The highest BCUT2D eigenvalue weighted by molar-refractivity contribution is 6.00. The molecule has 2 heterocycles. The van der Waals surface area contributed by atoms with Gasteiger partial charge in [-0.3, -0.25) is 9.59 Å². The van der Waals surface area contributed by atoms with Gasteiger partial charge in [0.05, 0.1) is 11.1 Å². The molecule has 1 N–H and O–H groups in total. The third-order valence-electron chi connectivity index (χ3n) is 7.34. The first-order chi connectivity index (χ1) is 17.1. The number of para-hydroxylation sites is 1. The van der Waals surface area contributed by atoms with E-state index in [0.717, 1.165) is 43.8 Å². The quantitative estimate of drug-likeness (QED) is 0.664. The maximum atomic E-state index is 13.4. The Morgan fingerprint density at radius 2 is 1.53 bits per heavy atom. The number of rotatable bonds is 5. The van der Waals surface area contributed by atoms with Crippen molar-refractivity contribution >= 4 is 17.5 Å². The van der Waals surface area contributed by atoms with Crippen molar-refractivity contribution in [1.29, 1.82) is 0 Å². The lowest BCUT2D eigenvalue weighted by molar-refractivity contribution is -0.137. The van der Waals surface area contributed by atoms with Gasteiger partial charge in [0.2, 0.25) is 0 Å². The SMILES string of the molecule is CN1CCC(N(C)C(=O)c2ccccc2N2CCC(NC(=O)c3ccc(C(F)(F)F)cc3)CC2)CC1. The first-order valence-corrected chi connectivity index (χ1v) is 12.4. The van der Waals surface area contributed by atoms with Crippen LogP contribution in [-0.4, -0.2) is 74.0 Å². The second kappa shape index (κ2) is 10.9. The molecule has 0 unspecified atom stereocenters. The fourth-order valence-corrected chi connectivity index (χ4v) is 5.01. The summed E-state index contributed by atoms with van der Waals surface area (Å²) in [6, 6.07) is 12.1. The highest BCUT2D eigenvalue weighted by Crippen LogP contribution is 2.30. The molecule has 0 aliphatic carbocycles.